The van der Waals surface area contributed by atoms with Crippen LogP contribution in [0.25, 0.3) is 22.2 Å². The topological polar surface area (TPSA) is 72.3 Å². The van der Waals surface area contributed by atoms with Gasteiger partial charge in [-0.1, -0.05) is 18.2 Å². The number of fused-ring (bicyclic) bond motifs is 1. The average Bonchev–Trinajstić information content (AvgIpc) is 3.06. The molecule has 1 fully saturated rings. The molecule has 4 rings (SSSR count). The van der Waals surface area contributed by atoms with Crippen LogP contribution < -0.4 is 5.32 Å². The van der Waals surface area contributed by atoms with E-state index in [0.29, 0.717) is 5.56 Å². The molecule has 0 bridgehead atoms. The maximum Gasteiger partial charge on any atom is 0.252 e. The Balaban J connectivity index is 1.63. The number of amides is 1. The second kappa shape index (κ2) is 8.31. The van der Waals surface area contributed by atoms with E-state index in [1.807, 2.05) is 55.9 Å². The monoisotopic (exact) mass is 393 g/mol. The van der Waals surface area contributed by atoms with E-state index in [4.69, 9.17) is 9.72 Å². The highest BCUT2D eigenvalue weighted by Gasteiger charge is 2.19. The van der Waals surface area contributed by atoms with Crippen molar-refractivity contribution in [1.29, 1.82) is 0 Å². The van der Waals surface area contributed by atoms with Gasteiger partial charge in [0.2, 0.25) is 0 Å². The smallest absolute Gasteiger partial charge is 0.252 e. The van der Waals surface area contributed by atoms with Crippen molar-refractivity contribution in [2.24, 2.45) is 7.05 Å². The summed E-state index contributed by atoms with van der Waals surface area (Å²) in [5, 5.41) is 8.34. The number of hydrogen-bond donors (Lipinski definition) is 1. The first-order valence-corrected chi connectivity index (χ1v) is 10.0. The van der Waals surface area contributed by atoms with E-state index >= 15 is 0 Å². The number of aryl methyl sites for hydroxylation is 1. The Labute approximate surface area is 170 Å². The van der Waals surface area contributed by atoms with E-state index < -0.39 is 0 Å². The number of morpholine rings is 1. The lowest BCUT2D eigenvalue weighted by Crippen LogP contribution is -2.46. The van der Waals surface area contributed by atoms with Crippen LogP contribution >= 0.6 is 0 Å². The van der Waals surface area contributed by atoms with Crippen molar-refractivity contribution < 1.29 is 9.53 Å². The van der Waals surface area contributed by atoms with Gasteiger partial charge in [0.15, 0.2) is 0 Å². The van der Waals surface area contributed by atoms with Crippen molar-refractivity contribution >= 4 is 16.8 Å². The van der Waals surface area contributed by atoms with Crippen molar-refractivity contribution in [3.8, 4) is 11.3 Å². The summed E-state index contributed by atoms with van der Waals surface area (Å²) >= 11 is 0. The van der Waals surface area contributed by atoms with Gasteiger partial charge in [0.05, 0.1) is 36.2 Å². The molecular formula is C22H27N5O2. The summed E-state index contributed by atoms with van der Waals surface area (Å²) in [4.78, 5) is 20.3. The fourth-order valence-corrected chi connectivity index (χ4v) is 3.77. The molecule has 0 radical (unpaired) electrons. The Morgan fingerprint density at radius 3 is 2.76 bits per heavy atom. The molecule has 1 unspecified atom stereocenters. The number of benzene rings is 1. The lowest BCUT2D eigenvalue weighted by Gasteiger charge is -2.29. The SMILES string of the molecule is Cc1c(-c2cc(C(=O)NC(C)CN3CCOCC3)c3ccccc3n2)cnn1C. The molecule has 7 nitrogen and oxygen atoms in total. The number of nitrogens with zero attached hydrogens (tertiary/aromatic N) is 4. The minimum atomic E-state index is -0.0767. The van der Waals surface area contributed by atoms with E-state index in [2.05, 4.69) is 15.3 Å². The fraction of sp³-hybridized carbons (Fsp3) is 0.409. The minimum Gasteiger partial charge on any atom is -0.379 e. The molecular weight excluding hydrogens is 366 g/mol. The summed E-state index contributed by atoms with van der Waals surface area (Å²) in [6.45, 7) is 8.18. The van der Waals surface area contributed by atoms with Gasteiger partial charge in [-0.05, 0) is 26.0 Å². The predicted molar refractivity (Wildman–Crippen MR) is 113 cm³/mol. The van der Waals surface area contributed by atoms with Crippen molar-refractivity contribution in [3.63, 3.8) is 0 Å². The van der Waals surface area contributed by atoms with Crippen LogP contribution in [0.2, 0.25) is 0 Å². The second-order valence-corrected chi connectivity index (χ2v) is 7.63. The minimum absolute atomic E-state index is 0.0381. The molecule has 1 atom stereocenters. The van der Waals surface area contributed by atoms with Crippen molar-refractivity contribution in [2.45, 2.75) is 19.9 Å². The van der Waals surface area contributed by atoms with Gasteiger partial charge in [0, 0.05) is 49.4 Å². The van der Waals surface area contributed by atoms with E-state index in [0.717, 1.165) is 60.7 Å². The van der Waals surface area contributed by atoms with Gasteiger partial charge in [-0.3, -0.25) is 14.4 Å². The summed E-state index contributed by atoms with van der Waals surface area (Å²) in [5.74, 6) is -0.0767. The zero-order valence-electron chi connectivity index (χ0n) is 17.2. The third kappa shape index (κ3) is 4.16. The zero-order chi connectivity index (χ0) is 20.4. The third-order valence-electron chi connectivity index (χ3n) is 5.49. The predicted octanol–water partition coefficient (Wildman–Crippen LogP) is 2.39. The Morgan fingerprint density at radius 1 is 1.28 bits per heavy atom. The molecule has 2 aromatic heterocycles. The standard InChI is InChI=1S/C22H27N5O2/c1-15(14-27-8-10-29-11-9-27)24-22(28)18-12-21(19-13-23-26(3)16(19)2)25-20-7-5-4-6-17(18)20/h4-7,12-13,15H,8-11,14H2,1-3H3,(H,24,28). The van der Waals surface area contributed by atoms with Crippen LogP contribution in [0.4, 0.5) is 0 Å². The van der Waals surface area contributed by atoms with Gasteiger partial charge < -0.3 is 10.1 Å². The number of nitrogens with one attached hydrogen (secondary N) is 1. The van der Waals surface area contributed by atoms with Crippen LogP contribution in [0, 0.1) is 6.92 Å². The van der Waals surface area contributed by atoms with E-state index in [9.17, 15) is 4.79 Å². The summed E-state index contributed by atoms with van der Waals surface area (Å²) in [6.07, 6.45) is 1.80. The highest BCUT2D eigenvalue weighted by molar-refractivity contribution is 6.07. The quantitative estimate of drug-likeness (QED) is 0.721. The lowest BCUT2D eigenvalue weighted by atomic mass is 10.0. The molecule has 3 heterocycles. The Bertz CT molecular complexity index is 1020. The maximum atomic E-state index is 13.2. The number of aromatic nitrogens is 3. The number of carbonyl (C=O) groups excluding carboxylic acids is 1. The largest absolute Gasteiger partial charge is 0.379 e. The van der Waals surface area contributed by atoms with E-state index in [1.165, 1.54) is 0 Å². The van der Waals surface area contributed by atoms with Crippen molar-refractivity contribution in [3.05, 3.63) is 47.8 Å². The first-order chi connectivity index (χ1) is 14.0. The summed E-state index contributed by atoms with van der Waals surface area (Å²) in [7, 11) is 1.90. The molecule has 29 heavy (non-hydrogen) atoms. The van der Waals surface area contributed by atoms with E-state index in [-0.39, 0.29) is 11.9 Å². The number of para-hydroxylation sites is 1. The van der Waals surface area contributed by atoms with Gasteiger partial charge in [-0.25, -0.2) is 4.98 Å². The average molecular weight is 393 g/mol. The van der Waals surface area contributed by atoms with Gasteiger partial charge in [0.1, 0.15) is 0 Å². The molecule has 0 spiro atoms. The first kappa shape index (κ1) is 19.5. The van der Waals surface area contributed by atoms with Crippen molar-refractivity contribution in [1.82, 2.24) is 25.0 Å². The first-order valence-electron chi connectivity index (χ1n) is 10.0. The Kier molecular flexibility index (Phi) is 5.60. The van der Waals surface area contributed by atoms with Crippen molar-refractivity contribution in [2.75, 3.05) is 32.8 Å². The molecule has 1 N–H and O–H groups in total. The van der Waals surface area contributed by atoms with Gasteiger partial charge >= 0.3 is 0 Å². The number of ether oxygens (including phenoxy) is 1. The molecule has 0 saturated carbocycles. The van der Waals surface area contributed by atoms with Crippen LogP contribution in [-0.2, 0) is 11.8 Å². The van der Waals surface area contributed by atoms with Crippen LogP contribution in [0.3, 0.4) is 0 Å². The molecule has 152 valence electrons. The third-order valence-corrected chi connectivity index (χ3v) is 5.49. The molecule has 0 aliphatic carbocycles. The summed E-state index contributed by atoms with van der Waals surface area (Å²) in [5.41, 5.74) is 4.16. The van der Waals surface area contributed by atoms with Gasteiger partial charge in [-0.2, -0.15) is 5.10 Å². The molecule has 1 saturated heterocycles. The summed E-state index contributed by atoms with van der Waals surface area (Å²) in [6, 6.07) is 9.69. The Morgan fingerprint density at radius 2 is 2.03 bits per heavy atom. The molecule has 3 aromatic rings. The van der Waals surface area contributed by atoms with Gasteiger partial charge in [0.25, 0.3) is 5.91 Å². The molecule has 1 aromatic carbocycles. The molecule has 1 aliphatic rings. The van der Waals surface area contributed by atoms with Crippen LogP contribution in [-0.4, -0.2) is 64.5 Å². The normalized spacial score (nSPS) is 16.1. The van der Waals surface area contributed by atoms with E-state index in [1.54, 1.807) is 6.20 Å². The number of rotatable bonds is 5. The highest BCUT2D eigenvalue weighted by atomic mass is 16.5. The van der Waals surface area contributed by atoms with Crippen LogP contribution in [0.5, 0.6) is 0 Å². The van der Waals surface area contributed by atoms with Gasteiger partial charge in [-0.15, -0.1) is 0 Å². The molecule has 1 aliphatic heterocycles. The summed E-state index contributed by atoms with van der Waals surface area (Å²) < 4.78 is 7.22. The number of hydrogen-bond acceptors (Lipinski definition) is 5. The lowest BCUT2D eigenvalue weighted by molar-refractivity contribution is 0.0342. The fourth-order valence-electron chi connectivity index (χ4n) is 3.77. The zero-order valence-corrected chi connectivity index (χ0v) is 17.2. The van der Waals surface area contributed by atoms with Crippen LogP contribution in [0.1, 0.15) is 23.0 Å². The number of carbonyl (C=O) groups is 1. The van der Waals surface area contributed by atoms with Crippen LogP contribution in [0.15, 0.2) is 36.5 Å². The second-order valence-electron chi connectivity index (χ2n) is 7.63. The Hall–Kier alpha value is -2.77. The molecule has 7 heteroatoms. The molecule has 1 amide bonds. The number of pyridine rings is 1. The highest BCUT2D eigenvalue weighted by Crippen LogP contribution is 2.26. The maximum absolute atomic E-state index is 13.2.